The number of hydrogen-bond donors (Lipinski definition) is 1. The number of thiophene rings is 1. The van der Waals surface area contributed by atoms with Crippen molar-refractivity contribution in [1.29, 1.82) is 0 Å². The van der Waals surface area contributed by atoms with E-state index in [-0.39, 0.29) is 0 Å². The van der Waals surface area contributed by atoms with Crippen molar-refractivity contribution in [3.8, 4) is 0 Å². The Morgan fingerprint density at radius 3 is 2.92 bits per heavy atom. The summed E-state index contributed by atoms with van der Waals surface area (Å²) in [6.07, 6.45) is 0. The Bertz CT molecular complexity index is 229. The SMILES string of the molecule is CC(NC1CSC1)c1ccsc1. The molecule has 0 spiro atoms. The summed E-state index contributed by atoms with van der Waals surface area (Å²) in [6, 6.07) is 3.49. The third-order valence-corrected chi connectivity index (χ3v) is 4.14. The van der Waals surface area contributed by atoms with Gasteiger partial charge < -0.3 is 5.32 Å². The summed E-state index contributed by atoms with van der Waals surface area (Å²) >= 11 is 3.80. The lowest BCUT2D eigenvalue weighted by atomic mass is 10.1. The molecule has 0 amide bonds. The van der Waals surface area contributed by atoms with E-state index in [1.165, 1.54) is 17.1 Å². The second-order valence-corrected chi connectivity index (χ2v) is 5.03. The van der Waals surface area contributed by atoms with Crippen LogP contribution in [-0.4, -0.2) is 17.5 Å². The molecule has 12 heavy (non-hydrogen) atoms. The van der Waals surface area contributed by atoms with Gasteiger partial charge in [-0.1, -0.05) is 0 Å². The van der Waals surface area contributed by atoms with E-state index in [0.717, 1.165) is 6.04 Å². The van der Waals surface area contributed by atoms with Crippen LogP contribution in [0.1, 0.15) is 18.5 Å². The van der Waals surface area contributed by atoms with Gasteiger partial charge in [-0.3, -0.25) is 0 Å². The molecule has 2 rings (SSSR count). The van der Waals surface area contributed by atoms with E-state index in [0.29, 0.717) is 6.04 Å². The van der Waals surface area contributed by atoms with Gasteiger partial charge in [0.25, 0.3) is 0 Å². The Labute approximate surface area is 81.6 Å². The van der Waals surface area contributed by atoms with E-state index >= 15 is 0 Å². The van der Waals surface area contributed by atoms with Crippen molar-refractivity contribution in [2.75, 3.05) is 11.5 Å². The van der Waals surface area contributed by atoms with E-state index in [1.807, 2.05) is 11.8 Å². The minimum atomic E-state index is 0.530. The van der Waals surface area contributed by atoms with Gasteiger partial charge in [0.05, 0.1) is 0 Å². The van der Waals surface area contributed by atoms with Crippen molar-refractivity contribution in [2.45, 2.75) is 19.0 Å². The van der Waals surface area contributed by atoms with E-state index in [9.17, 15) is 0 Å². The lowest BCUT2D eigenvalue weighted by Crippen LogP contribution is -2.41. The van der Waals surface area contributed by atoms with Crippen LogP contribution < -0.4 is 5.32 Å². The zero-order chi connectivity index (χ0) is 8.39. The molecule has 1 aromatic rings. The van der Waals surface area contributed by atoms with Gasteiger partial charge in [-0.15, -0.1) is 0 Å². The van der Waals surface area contributed by atoms with Crippen molar-refractivity contribution >= 4 is 23.1 Å². The molecule has 1 aromatic heterocycles. The fourth-order valence-electron chi connectivity index (χ4n) is 1.30. The molecule has 0 bridgehead atoms. The van der Waals surface area contributed by atoms with Gasteiger partial charge in [0.2, 0.25) is 0 Å². The highest BCUT2D eigenvalue weighted by atomic mass is 32.2. The van der Waals surface area contributed by atoms with Crippen LogP contribution in [0, 0.1) is 0 Å². The van der Waals surface area contributed by atoms with Crippen LogP contribution in [0.25, 0.3) is 0 Å². The molecule has 3 heteroatoms. The van der Waals surface area contributed by atoms with Crippen LogP contribution in [0.4, 0.5) is 0 Å². The van der Waals surface area contributed by atoms with Crippen LogP contribution in [0.5, 0.6) is 0 Å². The molecular formula is C9H13NS2. The van der Waals surface area contributed by atoms with Gasteiger partial charge in [0.1, 0.15) is 0 Å². The van der Waals surface area contributed by atoms with Crippen LogP contribution in [0.2, 0.25) is 0 Å². The monoisotopic (exact) mass is 199 g/mol. The molecule has 2 heterocycles. The quantitative estimate of drug-likeness (QED) is 0.803. The smallest absolute Gasteiger partial charge is 0.0303 e. The maximum atomic E-state index is 3.60. The first-order valence-electron chi connectivity index (χ1n) is 4.22. The lowest BCUT2D eigenvalue weighted by Gasteiger charge is -2.29. The summed E-state index contributed by atoms with van der Waals surface area (Å²) in [5.41, 5.74) is 1.43. The molecule has 66 valence electrons. The second-order valence-electron chi connectivity index (χ2n) is 3.18. The fourth-order valence-corrected chi connectivity index (χ4v) is 2.72. The highest BCUT2D eigenvalue weighted by Gasteiger charge is 2.20. The Hall–Kier alpha value is 0.01000. The summed E-state index contributed by atoms with van der Waals surface area (Å²) in [4.78, 5) is 0. The van der Waals surface area contributed by atoms with Crippen molar-refractivity contribution in [2.24, 2.45) is 0 Å². The first-order chi connectivity index (χ1) is 5.86. The summed E-state index contributed by atoms with van der Waals surface area (Å²) in [5.74, 6) is 2.57. The van der Waals surface area contributed by atoms with Gasteiger partial charge in [-0.25, -0.2) is 0 Å². The molecule has 0 saturated carbocycles. The Morgan fingerprint density at radius 1 is 1.58 bits per heavy atom. The second kappa shape index (κ2) is 3.81. The van der Waals surface area contributed by atoms with Gasteiger partial charge in [-0.05, 0) is 29.3 Å². The Balaban J connectivity index is 1.87. The molecule has 0 radical (unpaired) electrons. The summed E-state index contributed by atoms with van der Waals surface area (Å²) < 4.78 is 0. The van der Waals surface area contributed by atoms with Crippen LogP contribution >= 0.6 is 23.1 Å². The minimum absolute atomic E-state index is 0.530. The Kier molecular flexibility index (Phi) is 2.73. The number of nitrogens with one attached hydrogen (secondary N) is 1. The molecule has 1 fully saturated rings. The van der Waals surface area contributed by atoms with Crippen LogP contribution in [0.15, 0.2) is 16.8 Å². The summed E-state index contributed by atoms with van der Waals surface area (Å²) in [6.45, 7) is 2.24. The first-order valence-corrected chi connectivity index (χ1v) is 6.32. The van der Waals surface area contributed by atoms with E-state index in [4.69, 9.17) is 0 Å². The molecular weight excluding hydrogens is 186 g/mol. The normalized spacial score (nSPS) is 20.4. The van der Waals surface area contributed by atoms with Crippen molar-refractivity contribution in [3.05, 3.63) is 22.4 Å². The standard InChI is InChI=1S/C9H13NS2/c1-7(8-2-3-11-4-8)10-9-5-12-6-9/h2-4,7,9-10H,5-6H2,1H3. The topological polar surface area (TPSA) is 12.0 Å². The number of hydrogen-bond acceptors (Lipinski definition) is 3. The van der Waals surface area contributed by atoms with Gasteiger partial charge in [-0.2, -0.15) is 23.1 Å². The summed E-state index contributed by atoms with van der Waals surface area (Å²) in [7, 11) is 0. The van der Waals surface area contributed by atoms with Crippen molar-refractivity contribution in [3.63, 3.8) is 0 Å². The highest BCUT2D eigenvalue weighted by molar-refractivity contribution is 8.00. The van der Waals surface area contributed by atoms with Crippen LogP contribution in [-0.2, 0) is 0 Å². The average Bonchev–Trinajstić information content (AvgIpc) is 2.47. The lowest BCUT2D eigenvalue weighted by molar-refractivity contribution is 0.504. The maximum Gasteiger partial charge on any atom is 0.0303 e. The van der Waals surface area contributed by atoms with Crippen molar-refractivity contribution < 1.29 is 0 Å². The van der Waals surface area contributed by atoms with Crippen molar-refractivity contribution in [1.82, 2.24) is 5.32 Å². The van der Waals surface area contributed by atoms with Gasteiger partial charge in [0, 0.05) is 23.6 Å². The van der Waals surface area contributed by atoms with Gasteiger partial charge >= 0.3 is 0 Å². The predicted octanol–water partition coefficient (Wildman–Crippen LogP) is 2.51. The molecule has 1 nitrogen and oxygen atoms in total. The molecule has 1 saturated heterocycles. The average molecular weight is 199 g/mol. The van der Waals surface area contributed by atoms with Gasteiger partial charge in [0.15, 0.2) is 0 Å². The zero-order valence-corrected chi connectivity index (χ0v) is 8.75. The molecule has 1 N–H and O–H groups in total. The number of thioether (sulfide) groups is 1. The van der Waals surface area contributed by atoms with E-state index < -0.39 is 0 Å². The number of rotatable bonds is 3. The Morgan fingerprint density at radius 2 is 2.42 bits per heavy atom. The highest BCUT2D eigenvalue weighted by Crippen LogP contribution is 2.22. The molecule has 1 aliphatic rings. The molecule has 1 atom stereocenters. The third-order valence-electron chi connectivity index (χ3n) is 2.17. The maximum absolute atomic E-state index is 3.60. The third kappa shape index (κ3) is 1.84. The molecule has 1 unspecified atom stereocenters. The van der Waals surface area contributed by atoms with Crippen LogP contribution in [0.3, 0.4) is 0 Å². The van der Waals surface area contributed by atoms with E-state index in [1.54, 1.807) is 11.3 Å². The molecule has 0 aliphatic carbocycles. The predicted molar refractivity (Wildman–Crippen MR) is 57.0 cm³/mol. The fraction of sp³-hybridized carbons (Fsp3) is 0.556. The van der Waals surface area contributed by atoms with E-state index in [2.05, 4.69) is 29.1 Å². The molecule has 1 aliphatic heterocycles. The first kappa shape index (κ1) is 8.60. The minimum Gasteiger partial charge on any atom is -0.306 e. The molecule has 0 aromatic carbocycles. The summed E-state index contributed by atoms with van der Waals surface area (Å²) in [5, 5.41) is 7.97. The largest absolute Gasteiger partial charge is 0.306 e. The zero-order valence-electron chi connectivity index (χ0n) is 7.12.